The van der Waals surface area contributed by atoms with Gasteiger partial charge in [0.25, 0.3) is 0 Å². The molecule has 7 heteroatoms. The standard InChI is InChI=1S/C20H25N5O2/c1-14-10-15(2)23-19-18(14)20(22-13-21-19)25-7-6-24(16(11-25)5-8-26)12-17-4-3-9-27-17/h3-4,9-10,13,16,26H,5-8,11-12H2,1-2H3. The second-order valence-electron chi connectivity index (χ2n) is 7.14. The molecule has 27 heavy (non-hydrogen) atoms. The highest BCUT2D eigenvalue weighted by Gasteiger charge is 2.29. The summed E-state index contributed by atoms with van der Waals surface area (Å²) in [6.07, 6.45) is 4.02. The maximum absolute atomic E-state index is 9.56. The topological polar surface area (TPSA) is 78.5 Å². The molecule has 1 unspecified atom stereocenters. The number of hydrogen-bond donors (Lipinski definition) is 1. The lowest BCUT2D eigenvalue weighted by Crippen LogP contribution is -2.53. The van der Waals surface area contributed by atoms with E-state index in [4.69, 9.17) is 4.42 Å². The second kappa shape index (κ2) is 7.62. The zero-order valence-electron chi connectivity index (χ0n) is 15.8. The van der Waals surface area contributed by atoms with Crippen LogP contribution in [0.4, 0.5) is 5.82 Å². The molecular formula is C20H25N5O2. The molecule has 0 radical (unpaired) electrons. The first kappa shape index (κ1) is 17.9. The van der Waals surface area contributed by atoms with Crippen LogP contribution in [0.15, 0.2) is 35.2 Å². The number of pyridine rings is 1. The highest BCUT2D eigenvalue weighted by molar-refractivity contribution is 5.90. The lowest BCUT2D eigenvalue weighted by Gasteiger charge is -2.41. The number of aryl methyl sites for hydroxylation is 2. The second-order valence-corrected chi connectivity index (χ2v) is 7.14. The number of anilines is 1. The largest absolute Gasteiger partial charge is 0.468 e. The summed E-state index contributed by atoms with van der Waals surface area (Å²) in [5, 5.41) is 10.6. The number of fused-ring (bicyclic) bond motifs is 1. The van der Waals surface area contributed by atoms with Gasteiger partial charge in [0.1, 0.15) is 17.9 Å². The minimum absolute atomic E-state index is 0.164. The highest BCUT2D eigenvalue weighted by atomic mass is 16.3. The van der Waals surface area contributed by atoms with Crippen molar-refractivity contribution in [1.82, 2.24) is 19.9 Å². The smallest absolute Gasteiger partial charge is 0.165 e. The molecule has 1 N–H and O–H groups in total. The van der Waals surface area contributed by atoms with E-state index in [1.165, 1.54) is 0 Å². The van der Waals surface area contributed by atoms with Gasteiger partial charge < -0.3 is 14.4 Å². The van der Waals surface area contributed by atoms with E-state index in [1.807, 2.05) is 19.1 Å². The highest BCUT2D eigenvalue weighted by Crippen LogP contribution is 2.28. The van der Waals surface area contributed by atoms with Gasteiger partial charge in [0.05, 0.1) is 18.2 Å². The first-order valence-corrected chi connectivity index (χ1v) is 9.37. The van der Waals surface area contributed by atoms with E-state index in [2.05, 4.69) is 37.7 Å². The molecule has 0 aromatic carbocycles. The molecule has 142 valence electrons. The quantitative estimate of drug-likeness (QED) is 0.741. The van der Waals surface area contributed by atoms with Gasteiger partial charge in [-0.2, -0.15) is 0 Å². The average molecular weight is 367 g/mol. The summed E-state index contributed by atoms with van der Waals surface area (Å²) in [6, 6.07) is 6.22. The zero-order valence-corrected chi connectivity index (χ0v) is 15.8. The number of hydrogen-bond acceptors (Lipinski definition) is 7. The van der Waals surface area contributed by atoms with Crippen molar-refractivity contribution in [2.75, 3.05) is 31.1 Å². The Hall–Kier alpha value is -2.51. The fourth-order valence-corrected chi connectivity index (χ4v) is 3.95. The minimum atomic E-state index is 0.164. The Balaban J connectivity index is 1.61. The molecule has 1 atom stereocenters. The molecule has 1 fully saturated rings. The maximum atomic E-state index is 9.56. The van der Waals surface area contributed by atoms with E-state index in [0.29, 0.717) is 0 Å². The van der Waals surface area contributed by atoms with Crippen LogP contribution < -0.4 is 4.90 Å². The molecule has 3 aromatic rings. The monoisotopic (exact) mass is 367 g/mol. The van der Waals surface area contributed by atoms with Gasteiger partial charge in [0.15, 0.2) is 5.65 Å². The Kier molecular flexibility index (Phi) is 5.05. The number of rotatable bonds is 5. The molecule has 1 saturated heterocycles. The molecule has 0 bridgehead atoms. The van der Waals surface area contributed by atoms with Crippen molar-refractivity contribution in [3.05, 3.63) is 47.8 Å². The lowest BCUT2D eigenvalue weighted by atomic mass is 10.1. The SMILES string of the molecule is Cc1cc(C)c2c(N3CCN(Cc4ccco4)C(CCO)C3)ncnc2n1. The fraction of sp³-hybridized carbons (Fsp3) is 0.450. The first-order chi connectivity index (χ1) is 13.2. The van der Waals surface area contributed by atoms with Crippen LogP contribution in [-0.2, 0) is 6.54 Å². The summed E-state index contributed by atoms with van der Waals surface area (Å²) in [7, 11) is 0. The third-order valence-electron chi connectivity index (χ3n) is 5.21. The van der Waals surface area contributed by atoms with Gasteiger partial charge in [-0.25, -0.2) is 15.0 Å². The summed E-state index contributed by atoms with van der Waals surface area (Å²) in [6.45, 7) is 7.55. The third kappa shape index (κ3) is 3.65. The number of aromatic nitrogens is 3. The Morgan fingerprint density at radius 1 is 1.26 bits per heavy atom. The summed E-state index contributed by atoms with van der Waals surface area (Å²) in [5.74, 6) is 1.89. The fourth-order valence-electron chi connectivity index (χ4n) is 3.95. The van der Waals surface area contributed by atoms with Gasteiger partial charge >= 0.3 is 0 Å². The van der Waals surface area contributed by atoms with Gasteiger partial charge in [0.2, 0.25) is 0 Å². The molecule has 1 aliphatic rings. The van der Waals surface area contributed by atoms with Gasteiger partial charge in [-0.3, -0.25) is 4.90 Å². The van der Waals surface area contributed by atoms with Crippen molar-refractivity contribution in [3.63, 3.8) is 0 Å². The number of aliphatic hydroxyl groups is 1. The molecule has 4 heterocycles. The minimum Gasteiger partial charge on any atom is -0.468 e. The molecule has 0 saturated carbocycles. The van der Waals surface area contributed by atoms with Crippen molar-refractivity contribution in [1.29, 1.82) is 0 Å². The predicted molar refractivity (Wildman–Crippen MR) is 104 cm³/mol. The van der Waals surface area contributed by atoms with Crippen LogP contribution in [0.25, 0.3) is 11.0 Å². The predicted octanol–water partition coefficient (Wildman–Crippen LogP) is 2.31. The van der Waals surface area contributed by atoms with Crippen LogP contribution >= 0.6 is 0 Å². The van der Waals surface area contributed by atoms with Crippen LogP contribution in [0, 0.1) is 13.8 Å². The number of piperazine rings is 1. The van der Waals surface area contributed by atoms with E-state index >= 15 is 0 Å². The van der Waals surface area contributed by atoms with Crippen molar-refractivity contribution >= 4 is 16.9 Å². The van der Waals surface area contributed by atoms with Gasteiger partial charge in [-0.05, 0) is 44.0 Å². The van der Waals surface area contributed by atoms with Crippen molar-refractivity contribution in [2.24, 2.45) is 0 Å². The Labute approximate surface area is 158 Å². The van der Waals surface area contributed by atoms with Crippen molar-refractivity contribution < 1.29 is 9.52 Å². The molecule has 4 rings (SSSR count). The maximum Gasteiger partial charge on any atom is 0.165 e. The zero-order chi connectivity index (χ0) is 18.8. The third-order valence-corrected chi connectivity index (χ3v) is 5.21. The summed E-state index contributed by atoms with van der Waals surface area (Å²) < 4.78 is 5.51. The Bertz CT molecular complexity index is 912. The number of aliphatic hydroxyl groups excluding tert-OH is 1. The van der Waals surface area contributed by atoms with Crippen LogP contribution in [0.1, 0.15) is 23.4 Å². The molecule has 0 amide bonds. The lowest BCUT2D eigenvalue weighted by molar-refractivity contribution is 0.127. The van der Waals surface area contributed by atoms with Gasteiger partial charge in [-0.15, -0.1) is 0 Å². The van der Waals surface area contributed by atoms with E-state index in [0.717, 1.165) is 66.5 Å². The van der Waals surface area contributed by atoms with Crippen LogP contribution in [-0.4, -0.2) is 57.2 Å². The van der Waals surface area contributed by atoms with Gasteiger partial charge in [-0.1, -0.05) is 0 Å². The molecule has 3 aromatic heterocycles. The average Bonchev–Trinajstić information content (AvgIpc) is 3.16. The summed E-state index contributed by atoms with van der Waals surface area (Å²) in [5.41, 5.74) is 2.85. The molecule has 0 aliphatic carbocycles. The summed E-state index contributed by atoms with van der Waals surface area (Å²) >= 11 is 0. The first-order valence-electron chi connectivity index (χ1n) is 9.37. The van der Waals surface area contributed by atoms with Crippen molar-refractivity contribution in [2.45, 2.75) is 32.9 Å². The van der Waals surface area contributed by atoms with E-state index in [-0.39, 0.29) is 12.6 Å². The van der Waals surface area contributed by atoms with Crippen molar-refractivity contribution in [3.8, 4) is 0 Å². The van der Waals surface area contributed by atoms with E-state index in [9.17, 15) is 5.11 Å². The normalized spacial score (nSPS) is 18.3. The number of furan rings is 1. The van der Waals surface area contributed by atoms with Gasteiger partial charge in [0, 0.05) is 38.0 Å². The van der Waals surface area contributed by atoms with Crippen LogP contribution in [0.3, 0.4) is 0 Å². The molecule has 0 spiro atoms. The van der Waals surface area contributed by atoms with E-state index in [1.54, 1.807) is 12.6 Å². The molecular weight excluding hydrogens is 342 g/mol. The Morgan fingerprint density at radius 3 is 2.93 bits per heavy atom. The van der Waals surface area contributed by atoms with E-state index < -0.39 is 0 Å². The molecule has 7 nitrogen and oxygen atoms in total. The Morgan fingerprint density at radius 2 is 2.15 bits per heavy atom. The summed E-state index contributed by atoms with van der Waals surface area (Å²) in [4.78, 5) is 18.2. The number of nitrogens with zero attached hydrogens (tertiary/aromatic N) is 5. The van der Waals surface area contributed by atoms with Crippen LogP contribution in [0.5, 0.6) is 0 Å². The molecule has 1 aliphatic heterocycles. The van der Waals surface area contributed by atoms with Crippen LogP contribution in [0.2, 0.25) is 0 Å².